The van der Waals surface area contributed by atoms with Gasteiger partial charge in [0.1, 0.15) is 0 Å². The van der Waals surface area contributed by atoms with Crippen LogP contribution in [-0.2, 0) is 13.0 Å². The fraction of sp³-hybridized carbons (Fsp3) is 0.480. The second-order valence-electron chi connectivity index (χ2n) is 8.56. The van der Waals surface area contributed by atoms with Gasteiger partial charge in [0.05, 0.1) is 0 Å². The van der Waals surface area contributed by atoms with Gasteiger partial charge >= 0.3 is 0 Å². The highest BCUT2D eigenvalue weighted by Crippen LogP contribution is 2.18. The summed E-state index contributed by atoms with van der Waals surface area (Å²) >= 11 is 0. The van der Waals surface area contributed by atoms with E-state index in [1.54, 1.807) is 0 Å². The average Bonchev–Trinajstić information content (AvgIpc) is 2.70. The Morgan fingerprint density at radius 3 is 2.21 bits per heavy atom. The second-order valence-corrected chi connectivity index (χ2v) is 8.56. The Balaban J connectivity index is 1.44. The van der Waals surface area contributed by atoms with E-state index in [0.29, 0.717) is 12.5 Å². The molecule has 1 heterocycles. The van der Waals surface area contributed by atoms with E-state index >= 15 is 0 Å². The van der Waals surface area contributed by atoms with Gasteiger partial charge in [0.2, 0.25) is 0 Å². The Hall–Kier alpha value is -2.13. The summed E-state index contributed by atoms with van der Waals surface area (Å²) in [7, 11) is 0. The Morgan fingerprint density at radius 2 is 1.61 bits per heavy atom. The number of carbonyl (C=O) groups excluding carboxylic acids is 1. The maximum atomic E-state index is 12.4. The van der Waals surface area contributed by atoms with E-state index in [2.05, 4.69) is 67.4 Å². The van der Waals surface area contributed by atoms with Crippen molar-refractivity contribution in [1.29, 1.82) is 0 Å². The third-order valence-electron chi connectivity index (χ3n) is 5.84. The molecule has 1 fully saturated rings. The smallest absolute Gasteiger partial charge is 0.251 e. The topological polar surface area (TPSA) is 32.3 Å². The molecule has 1 amide bonds. The van der Waals surface area contributed by atoms with Gasteiger partial charge in [-0.05, 0) is 73.0 Å². The number of hydrogen-bond donors (Lipinski definition) is 1. The molecule has 0 spiro atoms. The summed E-state index contributed by atoms with van der Waals surface area (Å²) in [5.74, 6) is 1.42. The minimum atomic E-state index is 0.0112. The fourth-order valence-electron chi connectivity index (χ4n) is 3.73. The van der Waals surface area contributed by atoms with Crippen LogP contribution in [0, 0.1) is 5.92 Å². The van der Waals surface area contributed by atoms with Gasteiger partial charge in [-0.1, -0.05) is 57.2 Å². The molecular formula is C25H34N2O. The van der Waals surface area contributed by atoms with Crippen molar-refractivity contribution in [2.24, 2.45) is 5.92 Å². The van der Waals surface area contributed by atoms with E-state index in [1.807, 2.05) is 12.1 Å². The molecule has 2 aromatic carbocycles. The zero-order chi connectivity index (χ0) is 19.9. The first-order valence-electron chi connectivity index (χ1n) is 10.7. The zero-order valence-electron chi connectivity index (χ0n) is 17.6. The molecule has 0 aromatic heterocycles. The molecule has 2 aromatic rings. The van der Waals surface area contributed by atoms with Crippen molar-refractivity contribution in [1.82, 2.24) is 10.2 Å². The summed E-state index contributed by atoms with van der Waals surface area (Å²) in [5, 5.41) is 3.04. The van der Waals surface area contributed by atoms with Gasteiger partial charge in [-0.2, -0.15) is 0 Å². The van der Waals surface area contributed by atoms with Crippen LogP contribution in [0.15, 0.2) is 48.5 Å². The van der Waals surface area contributed by atoms with Gasteiger partial charge in [-0.15, -0.1) is 0 Å². The number of likely N-dealkylation sites (tertiary alicyclic amines) is 1. The van der Waals surface area contributed by atoms with E-state index < -0.39 is 0 Å². The normalized spacial score (nSPS) is 15.7. The highest BCUT2D eigenvalue weighted by atomic mass is 16.1. The standard InChI is InChI=1S/C25H34N2O/c1-19(2)23-8-4-21(5-9-23)12-15-26-25(28)24-10-6-22(7-11-24)18-27-16-13-20(3)14-17-27/h4-11,19-20H,12-18H2,1-3H3,(H,26,28). The Morgan fingerprint density at radius 1 is 1.00 bits per heavy atom. The molecule has 0 aliphatic carbocycles. The molecule has 1 aliphatic rings. The van der Waals surface area contributed by atoms with Crippen molar-refractivity contribution in [3.8, 4) is 0 Å². The third kappa shape index (κ3) is 5.93. The highest BCUT2D eigenvalue weighted by Gasteiger charge is 2.15. The van der Waals surface area contributed by atoms with Crippen LogP contribution in [0.2, 0.25) is 0 Å². The number of carbonyl (C=O) groups is 1. The molecule has 1 N–H and O–H groups in total. The number of rotatable bonds is 7. The second kappa shape index (κ2) is 9.88. The maximum Gasteiger partial charge on any atom is 0.251 e. The molecule has 0 unspecified atom stereocenters. The van der Waals surface area contributed by atoms with Crippen LogP contribution < -0.4 is 5.32 Å². The van der Waals surface area contributed by atoms with E-state index in [-0.39, 0.29) is 5.91 Å². The summed E-state index contributed by atoms with van der Waals surface area (Å²) in [4.78, 5) is 14.9. The summed E-state index contributed by atoms with van der Waals surface area (Å²) in [6, 6.07) is 16.8. The molecule has 150 valence electrons. The quantitative estimate of drug-likeness (QED) is 0.734. The number of piperidine rings is 1. The predicted octanol–water partition coefficient (Wildman–Crippen LogP) is 5.01. The number of nitrogens with one attached hydrogen (secondary N) is 1. The first-order chi connectivity index (χ1) is 13.5. The molecule has 0 radical (unpaired) electrons. The van der Waals surface area contributed by atoms with Gasteiger partial charge in [-0.3, -0.25) is 9.69 Å². The molecule has 3 rings (SSSR count). The minimum Gasteiger partial charge on any atom is -0.352 e. The molecule has 0 atom stereocenters. The van der Waals surface area contributed by atoms with Crippen LogP contribution in [0.4, 0.5) is 0 Å². The summed E-state index contributed by atoms with van der Waals surface area (Å²) in [6.07, 6.45) is 3.44. The molecule has 0 saturated carbocycles. The highest BCUT2D eigenvalue weighted by molar-refractivity contribution is 5.94. The van der Waals surface area contributed by atoms with Crippen molar-refractivity contribution in [3.05, 3.63) is 70.8 Å². The number of benzene rings is 2. The summed E-state index contributed by atoms with van der Waals surface area (Å²) < 4.78 is 0. The summed E-state index contributed by atoms with van der Waals surface area (Å²) in [6.45, 7) is 10.8. The monoisotopic (exact) mass is 378 g/mol. The zero-order valence-corrected chi connectivity index (χ0v) is 17.6. The molecule has 3 nitrogen and oxygen atoms in total. The van der Waals surface area contributed by atoms with Gasteiger partial charge in [0, 0.05) is 18.7 Å². The SMILES string of the molecule is CC1CCN(Cc2ccc(C(=O)NCCc3ccc(C(C)C)cc3)cc2)CC1. The predicted molar refractivity (Wildman–Crippen MR) is 117 cm³/mol. The van der Waals surface area contributed by atoms with Crippen molar-refractivity contribution in [2.75, 3.05) is 19.6 Å². The van der Waals surface area contributed by atoms with Crippen molar-refractivity contribution < 1.29 is 4.79 Å². The number of hydrogen-bond acceptors (Lipinski definition) is 2. The minimum absolute atomic E-state index is 0.0112. The van der Waals surface area contributed by atoms with Crippen LogP contribution in [-0.4, -0.2) is 30.4 Å². The van der Waals surface area contributed by atoms with E-state index in [4.69, 9.17) is 0 Å². The van der Waals surface area contributed by atoms with E-state index in [9.17, 15) is 4.79 Å². The van der Waals surface area contributed by atoms with Crippen molar-refractivity contribution in [3.63, 3.8) is 0 Å². The van der Waals surface area contributed by atoms with Crippen molar-refractivity contribution >= 4 is 5.91 Å². The van der Waals surface area contributed by atoms with Crippen molar-refractivity contribution in [2.45, 2.75) is 52.5 Å². The van der Waals surface area contributed by atoms with Gasteiger partial charge < -0.3 is 5.32 Å². The third-order valence-corrected chi connectivity index (χ3v) is 5.84. The molecule has 1 saturated heterocycles. The molecular weight excluding hydrogens is 344 g/mol. The van der Waals surface area contributed by atoms with Crippen LogP contribution >= 0.6 is 0 Å². The summed E-state index contributed by atoms with van der Waals surface area (Å²) in [5.41, 5.74) is 4.64. The van der Waals surface area contributed by atoms with E-state index in [1.165, 1.54) is 42.6 Å². The first kappa shape index (κ1) is 20.6. The van der Waals surface area contributed by atoms with Crippen LogP contribution in [0.3, 0.4) is 0 Å². The molecule has 0 bridgehead atoms. The maximum absolute atomic E-state index is 12.4. The molecule has 28 heavy (non-hydrogen) atoms. The first-order valence-corrected chi connectivity index (χ1v) is 10.7. The molecule has 1 aliphatic heterocycles. The Labute approximate surface area is 170 Å². The van der Waals surface area contributed by atoms with Crippen LogP contribution in [0.5, 0.6) is 0 Å². The van der Waals surface area contributed by atoms with Crippen LogP contribution in [0.25, 0.3) is 0 Å². The van der Waals surface area contributed by atoms with E-state index in [0.717, 1.165) is 24.4 Å². The van der Waals surface area contributed by atoms with Gasteiger partial charge in [0.25, 0.3) is 5.91 Å². The van der Waals surface area contributed by atoms with Crippen LogP contribution in [0.1, 0.15) is 66.6 Å². The Kier molecular flexibility index (Phi) is 7.27. The lowest BCUT2D eigenvalue weighted by Gasteiger charge is -2.30. The lowest BCUT2D eigenvalue weighted by atomic mass is 9.99. The molecule has 3 heteroatoms. The average molecular weight is 379 g/mol. The fourth-order valence-corrected chi connectivity index (χ4v) is 3.73. The number of amides is 1. The Bertz CT molecular complexity index is 741. The lowest BCUT2D eigenvalue weighted by molar-refractivity contribution is 0.0954. The van der Waals surface area contributed by atoms with Gasteiger partial charge in [-0.25, -0.2) is 0 Å². The van der Waals surface area contributed by atoms with Gasteiger partial charge in [0.15, 0.2) is 0 Å². The largest absolute Gasteiger partial charge is 0.352 e. The number of nitrogens with zero attached hydrogens (tertiary/aromatic N) is 1. The lowest BCUT2D eigenvalue weighted by Crippen LogP contribution is -2.32.